The fourth-order valence-electron chi connectivity index (χ4n) is 3.04. The van der Waals surface area contributed by atoms with Crippen LogP contribution < -0.4 is 0 Å². The van der Waals surface area contributed by atoms with Crippen LogP contribution in [0.3, 0.4) is 0 Å². The molecule has 1 aliphatic rings. The van der Waals surface area contributed by atoms with Crippen molar-refractivity contribution in [2.75, 3.05) is 0 Å². The van der Waals surface area contributed by atoms with Crippen molar-refractivity contribution >= 4 is 15.9 Å². The highest BCUT2D eigenvalue weighted by Crippen LogP contribution is 2.43. The number of fused-ring (bicyclic) bond motifs is 1. The molecule has 0 saturated heterocycles. The maximum atomic E-state index is 3.89. The van der Waals surface area contributed by atoms with Gasteiger partial charge in [-0.15, -0.1) is 0 Å². The zero-order valence-electron chi connectivity index (χ0n) is 11.5. The first kappa shape index (κ1) is 12.9. The van der Waals surface area contributed by atoms with Crippen LogP contribution in [0.15, 0.2) is 42.5 Å². The minimum atomic E-state index is 0.505. The van der Waals surface area contributed by atoms with Crippen LogP contribution in [0.5, 0.6) is 0 Å². The largest absolute Gasteiger partial charge is 0.0835 e. The molecule has 0 N–H and O–H groups in total. The number of aryl methyl sites for hydroxylation is 2. The first-order valence-corrected chi connectivity index (χ1v) is 7.84. The van der Waals surface area contributed by atoms with Crippen molar-refractivity contribution in [3.63, 3.8) is 0 Å². The maximum Gasteiger partial charge on any atom is 0.0432 e. The lowest BCUT2D eigenvalue weighted by Gasteiger charge is -2.15. The van der Waals surface area contributed by atoms with Crippen LogP contribution in [0.25, 0.3) is 0 Å². The molecule has 0 heterocycles. The normalized spacial score (nSPS) is 21.4. The fraction of sp³-hybridized carbons (Fsp3) is 0.333. The van der Waals surface area contributed by atoms with Gasteiger partial charge in [0, 0.05) is 4.83 Å². The Hall–Kier alpha value is -1.08. The van der Waals surface area contributed by atoms with E-state index < -0.39 is 0 Å². The molecule has 0 fully saturated rings. The van der Waals surface area contributed by atoms with Crippen molar-refractivity contribution in [3.8, 4) is 0 Å². The van der Waals surface area contributed by atoms with Crippen LogP contribution in [-0.2, 0) is 12.8 Å². The lowest BCUT2D eigenvalue weighted by atomic mass is 9.94. The summed E-state index contributed by atoms with van der Waals surface area (Å²) < 4.78 is 0. The van der Waals surface area contributed by atoms with Crippen molar-refractivity contribution in [2.45, 2.75) is 31.5 Å². The highest BCUT2D eigenvalue weighted by molar-refractivity contribution is 9.09. The summed E-state index contributed by atoms with van der Waals surface area (Å²) in [5, 5.41) is 0. The summed E-state index contributed by atoms with van der Waals surface area (Å²) in [6, 6.07) is 15.7. The Balaban J connectivity index is 1.80. The van der Waals surface area contributed by atoms with E-state index >= 15 is 0 Å². The number of hydrogen-bond acceptors (Lipinski definition) is 0. The Bertz CT molecular complexity index is 600. The summed E-state index contributed by atoms with van der Waals surface area (Å²) in [5.41, 5.74) is 7.24. The van der Waals surface area contributed by atoms with Gasteiger partial charge in [-0.05, 0) is 60.4 Å². The number of halogens is 1. The lowest BCUT2D eigenvalue weighted by molar-refractivity contribution is 0.555. The Morgan fingerprint density at radius 1 is 1.05 bits per heavy atom. The van der Waals surface area contributed by atoms with E-state index in [1.165, 1.54) is 34.2 Å². The highest BCUT2D eigenvalue weighted by atomic mass is 79.9. The highest BCUT2D eigenvalue weighted by Gasteiger charge is 2.30. The van der Waals surface area contributed by atoms with Gasteiger partial charge in [-0.1, -0.05) is 58.4 Å². The zero-order valence-corrected chi connectivity index (χ0v) is 13.1. The van der Waals surface area contributed by atoms with Gasteiger partial charge in [-0.25, -0.2) is 0 Å². The third kappa shape index (κ3) is 2.49. The van der Waals surface area contributed by atoms with Crippen LogP contribution in [0, 0.1) is 19.8 Å². The topological polar surface area (TPSA) is 0 Å². The van der Waals surface area contributed by atoms with E-state index in [0.717, 1.165) is 6.42 Å². The standard InChI is InChI=1S/C18H19Br/c1-12-7-8-14(9-13(12)2)10-16-11-15-5-3-4-6-17(15)18(16)19/h3-9,16,18H,10-11H2,1-2H3. The summed E-state index contributed by atoms with van der Waals surface area (Å²) in [6.45, 7) is 4.38. The summed E-state index contributed by atoms with van der Waals surface area (Å²) in [5.74, 6) is 0.680. The van der Waals surface area contributed by atoms with E-state index in [2.05, 4.69) is 72.2 Å². The van der Waals surface area contributed by atoms with Gasteiger partial charge in [0.1, 0.15) is 0 Å². The molecular weight excluding hydrogens is 296 g/mol. The summed E-state index contributed by atoms with van der Waals surface area (Å²) >= 11 is 3.89. The minimum Gasteiger partial charge on any atom is -0.0835 e. The van der Waals surface area contributed by atoms with E-state index in [9.17, 15) is 0 Å². The van der Waals surface area contributed by atoms with Gasteiger partial charge in [0.2, 0.25) is 0 Å². The molecule has 0 spiro atoms. The number of benzene rings is 2. The van der Waals surface area contributed by atoms with Gasteiger partial charge < -0.3 is 0 Å². The molecule has 2 unspecified atom stereocenters. The molecule has 98 valence electrons. The second-order valence-electron chi connectivity index (χ2n) is 5.69. The zero-order chi connectivity index (χ0) is 13.4. The van der Waals surface area contributed by atoms with Gasteiger partial charge in [0.05, 0.1) is 0 Å². The summed E-state index contributed by atoms with van der Waals surface area (Å²) in [4.78, 5) is 0.505. The van der Waals surface area contributed by atoms with Crippen molar-refractivity contribution in [1.82, 2.24) is 0 Å². The van der Waals surface area contributed by atoms with Crippen LogP contribution in [0.2, 0.25) is 0 Å². The SMILES string of the molecule is Cc1ccc(CC2Cc3ccccc3C2Br)cc1C. The molecule has 1 heteroatoms. The molecule has 0 bridgehead atoms. The van der Waals surface area contributed by atoms with Gasteiger partial charge in [0.25, 0.3) is 0 Å². The van der Waals surface area contributed by atoms with E-state index in [1.807, 2.05) is 0 Å². The van der Waals surface area contributed by atoms with Gasteiger partial charge in [-0.3, -0.25) is 0 Å². The third-order valence-electron chi connectivity index (χ3n) is 4.32. The maximum absolute atomic E-state index is 3.89. The predicted octanol–water partition coefficient (Wildman–Crippen LogP) is 5.15. The van der Waals surface area contributed by atoms with Crippen molar-refractivity contribution in [3.05, 3.63) is 70.3 Å². The van der Waals surface area contributed by atoms with Crippen LogP contribution in [0.4, 0.5) is 0 Å². The van der Waals surface area contributed by atoms with Gasteiger partial charge in [0.15, 0.2) is 0 Å². The molecule has 0 amide bonds. The van der Waals surface area contributed by atoms with Crippen molar-refractivity contribution < 1.29 is 0 Å². The Morgan fingerprint density at radius 2 is 1.84 bits per heavy atom. The smallest absolute Gasteiger partial charge is 0.0432 e. The molecule has 3 rings (SSSR count). The minimum absolute atomic E-state index is 0.505. The van der Waals surface area contributed by atoms with E-state index in [4.69, 9.17) is 0 Å². The molecular formula is C18H19Br. The fourth-order valence-corrected chi connectivity index (χ4v) is 3.86. The molecule has 19 heavy (non-hydrogen) atoms. The summed E-state index contributed by atoms with van der Waals surface area (Å²) in [7, 11) is 0. The van der Waals surface area contributed by atoms with E-state index in [0.29, 0.717) is 10.7 Å². The Kier molecular flexibility index (Phi) is 3.49. The Morgan fingerprint density at radius 3 is 2.58 bits per heavy atom. The van der Waals surface area contributed by atoms with Crippen LogP contribution >= 0.6 is 15.9 Å². The molecule has 2 aromatic carbocycles. The third-order valence-corrected chi connectivity index (χ3v) is 5.56. The number of alkyl halides is 1. The molecule has 2 atom stereocenters. The first-order valence-electron chi connectivity index (χ1n) is 6.93. The predicted molar refractivity (Wildman–Crippen MR) is 84.9 cm³/mol. The molecule has 0 aliphatic heterocycles. The molecule has 0 radical (unpaired) electrons. The van der Waals surface area contributed by atoms with Crippen molar-refractivity contribution in [1.29, 1.82) is 0 Å². The Labute approximate surface area is 124 Å². The molecule has 0 nitrogen and oxygen atoms in total. The second kappa shape index (κ2) is 5.13. The lowest BCUT2D eigenvalue weighted by Crippen LogP contribution is -2.06. The average molecular weight is 315 g/mol. The van der Waals surface area contributed by atoms with E-state index in [1.54, 1.807) is 0 Å². The van der Waals surface area contributed by atoms with Crippen molar-refractivity contribution in [2.24, 2.45) is 5.92 Å². The quantitative estimate of drug-likeness (QED) is 0.672. The number of hydrogen-bond donors (Lipinski definition) is 0. The van der Waals surface area contributed by atoms with Gasteiger partial charge >= 0.3 is 0 Å². The van der Waals surface area contributed by atoms with Crippen LogP contribution in [0.1, 0.15) is 32.6 Å². The molecule has 1 aliphatic carbocycles. The van der Waals surface area contributed by atoms with E-state index in [-0.39, 0.29) is 0 Å². The monoisotopic (exact) mass is 314 g/mol. The average Bonchev–Trinajstić information content (AvgIpc) is 2.72. The first-order chi connectivity index (χ1) is 9.15. The second-order valence-corrected chi connectivity index (χ2v) is 6.67. The number of rotatable bonds is 2. The summed E-state index contributed by atoms with van der Waals surface area (Å²) in [6.07, 6.45) is 2.35. The molecule has 0 aromatic heterocycles. The molecule has 0 saturated carbocycles. The van der Waals surface area contributed by atoms with Gasteiger partial charge in [-0.2, -0.15) is 0 Å². The van der Waals surface area contributed by atoms with Crippen LogP contribution in [-0.4, -0.2) is 0 Å². The molecule has 2 aromatic rings.